The summed E-state index contributed by atoms with van der Waals surface area (Å²) in [4.78, 5) is 19.5. The van der Waals surface area contributed by atoms with Gasteiger partial charge in [0.2, 0.25) is 5.91 Å². The van der Waals surface area contributed by atoms with Gasteiger partial charge in [-0.25, -0.2) is 4.98 Å². The van der Waals surface area contributed by atoms with Crippen LogP contribution in [0.5, 0.6) is 5.75 Å². The van der Waals surface area contributed by atoms with Gasteiger partial charge in [0.1, 0.15) is 11.6 Å². The zero-order valence-corrected chi connectivity index (χ0v) is 12.9. The first-order valence-corrected chi connectivity index (χ1v) is 7.48. The van der Waals surface area contributed by atoms with E-state index in [0.717, 1.165) is 23.2 Å². The van der Waals surface area contributed by atoms with Gasteiger partial charge in [0.25, 0.3) is 0 Å². The van der Waals surface area contributed by atoms with Crippen molar-refractivity contribution in [3.8, 4) is 5.75 Å². The normalized spacial score (nSPS) is 11.5. The average Bonchev–Trinajstić information content (AvgIpc) is 2.94. The highest BCUT2D eigenvalue weighted by atomic mass is 19.4. The Bertz CT molecular complexity index is 857. The Morgan fingerprint density at radius 2 is 1.96 bits per heavy atom. The molecule has 0 aliphatic rings. The number of para-hydroxylation sites is 2. The lowest BCUT2D eigenvalue weighted by Crippen LogP contribution is -2.17. The number of aromatic nitrogens is 2. The van der Waals surface area contributed by atoms with E-state index in [4.69, 9.17) is 0 Å². The minimum Gasteiger partial charge on any atom is -0.406 e. The van der Waals surface area contributed by atoms with E-state index in [1.165, 1.54) is 12.1 Å². The standard InChI is InChI=1S/C17H14F3N3O2/c18-17(19,20)25-12-5-3-4-11(10-12)21-16(24)9-8-15-22-13-6-1-2-7-14(13)23-15/h1-7,10H,8-9H2,(H,21,24)(H,22,23). The molecular weight excluding hydrogens is 335 g/mol. The van der Waals surface area contributed by atoms with E-state index < -0.39 is 6.36 Å². The van der Waals surface area contributed by atoms with Crippen molar-refractivity contribution in [3.63, 3.8) is 0 Å². The minimum atomic E-state index is -4.77. The summed E-state index contributed by atoms with van der Waals surface area (Å²) in [5.41, 5.74) is 1.93. The molecule has 0 fully saturated rings. The Morgan fingerprint density at radius 1 is 1.16 bits per heavy atom. The van der Waals surface area contributed by atoms with Crippen LogP contribution in [0, 0.1) is 0 Å². The van der Waals surface area contributed by atoms with Gasteiger partial charge in [-0.05, 0) is 24.3 Å². The van der Waals surface area contributed by atoms with E-state index in [-0.39, 0.29) is 23.8 Å². The smallest absolute Gasteiger partial charge is 0.406 e. The van der Waals surface area contributed by atoms with Crippen molar-refractivity contribution in [2.45, 2.75) is 19.2 Å². The number of carbonyl (C=O) groups excluding carboxylic acids is 1. The van der Waals surface area contributed by atoms with Gasteiger partial charge in [0, 0.05) is 24.6 Å². The number of halogens is 3. The largest absolute Gasteiger partial charge is 0.573 e. The zero-order chi connectivity index (χ0) is 17.9. The molecule has 0 bridgehead atoms. The summed E-state index contributed by atoms with van der Waals surface area (Å²) < 4.78 is 40.5. The summed E-state index contributed by atoms with van der Waals surface area (Å²) in [6, 6.07) is 12.6. The molecule has 0 aliphatic carbocycles. The topological polar surface area (TPSA) is 67.0 Å². The van der Waals surface area contributed by atoms with E-state index >= 15 is 0 Å². The lowest BCUT2D eigenvalue weighted by atomic mass is 10.2. The van der Waals surface area contributed by atoms with E-state index in [1.54, 1.807) is 0 Å². The van der Waals surface area contributed by atoms with Crippen LogP contribution < -0.4 is 10.1 Å². The van der Waals surface area contributed by atoms with Crippen LogP contribution >= 0.6 is 0 Å². The number of aryl methyl sites for hydroxylation is 1. The molecule has 1 aromatic heterocycles. The zero-order valence-electron chi connectivity index (χ0n) is 12.9. The molecule has 3 rings (SSSR count). The monoisotopic (exact) mass is 349 g/mol. The first-order chi connectivity index (χ1) is 11.9. The predicted octanol–water partition coefficient (Wildman–Crippen LogP) is 4.03. The van der Waals surface area contributed by atoms with Gasteiger partial charge in [-0.1, -0.05) is 18.2 Å². The highest BCUT2D eigenvalue weighted by molar-refractivity contribution is 5.91. The lowest BCUT2D eigenvalue weighted by molar-refractivity contribution is -0.274. The molecule has 0 aliphatic heterocycles. The molecule has 0 atom stereocenters. The summed E-state index contributed by atoms with van der Waals surface area (Å²) in [7, 11) is 0. The first kappa shape index (κ1) is 16.8. The van der Waals surface area contributed by atoms with Gasteiger partial charge in [0.15, 0.2) is 0 Å². The number of hydrogen-bond acceptors (Lipinski definition) is 3. The van der Waals surface area contributed by atoms with Crippen LogP contribution in [0.2, 0.25) is 0 Å². The molecule has 3 aromatic rings. The summed E-state index contributed by atoms with van der Waals surface area (Å²) >= 11 is 0. The lowest BCUT2D eigenvalue weighted by Gasteiger charge is -2.10. The number of rotatable bonds is 5. The number of ether oxygens (including phenoxy) is 1. The van der Waals surface area contributed by atoms with E-state index in [1.807, 2.05) is 24.3 Å². The van der Waals surface area contributed by atoms with Crippen molar-refractivity contribution in [1.82, 2.24) is 9.97 Å². The number of fused-ring (bicyclic) bond motifs is 1. The summed E-state index contributed by atoms with van der Waals surface area (Å²) in [5.74, 6) is -0.0438. The van der Waals surface area contributed by atoms with Crippen LogP contribution in [0.3, 0.4) is 0 Å². The molecule has 2 aromatic carbocycles. The summed E-state index contributed by atoms with van der Waals surface area (Å²) in [6.45, 7) is 0. The number of nitrogens with zero attached hydrogens (tertiary/aromatic N) is 1. The second-order valence-electron chi connectivity index (χ2n) is 5.32. The third-order valence-electron chi connectivity index (χ3n) is 3.38. The molecule has 2 N–H and O–H groups in total. The fourth-order valence-electron chi connectivity index (χ4n) is 2.35. The fourth-order valence-corrected chi connectivity index (χ4v) is 2.35. The number of anilines is 1. The van der Waals surface area contributed by atoms with Crippen molar-refractivity contribution in [2.24, 2.45) is 0 Å². The molecule has 1 heterocycles. The third kappa shape index (κ3) is 4.72. The molecular formula is C17H14F3N3O2. The Kier molecular flexibility index (Phi) is 4.60. The highest BCUT2D eigenvalue weighted by Gasteiger charge is 2.31. The third-order valence-corrected chi connectivity index (χ3v) is 3.38. The highest BCUT2D eigenvalue weighted by Crippen LogP contribution is 2.25. The van der Waals surface area contributed by atoms with Crippen molar-refractivity contribution in [3.05, 3.63) is 54.4 Å². The van der Waals surface area contributed by atoms with Gasteiger partial charge in [0.05, 0.1) is 11.0 Å². The van der Waals surface area contributed by atoms with E-state index in [9.17, 15) is 18.0 Å². The molecule has 130 valence electrons. The number of hydrogen-bond donors (Lipinski definition) is 2. The van der Waals surface area contributed by atoms with Gasteiger partial charge in [-0.15, -0.1) is 13.2 Å². The summed E-state index contributed by atoms with van der Waals surface area (Å²) in [6.07, 6.45) is -4.24. The molecule has 0 saturated carbocycles. The molecule has 0 spiro atoms. The number of benzene rings is 2. The number of nitrogens with one attached hydrogen (secondary N) is 2. The summed E-state index contributed by atoms with van der Waals surface area (Å²) in [5, 5.41) is 2.54. The van der Waals surface area contributed by atoms with Gasteiger partial charge >= 0.3 is 6.36 Å². The maximum atomic E-state index is 12.2. The second kappa shape index (κ2) is 6.84. The number of carbonyl (C=O) groups is 1. The van der Waals surface area contributed by atoms with Crippen LogP contribution in [0.4, 0.5) is 18.9 Å². The minimum absolute atomic E-state index is 0.143. The van der Waals surface area contributed by atoms with Crippen molar-refractivity contribution in [2.75, 3.05) is 5.32 Å². The fraction of sp³-hybridized carbons (Fsp3) is 0.176. The molecule has 0 radical (unpaired) electrons. The van der Waals surface area contributed by atoms with Crippen LogP contribution in [0.15, 0.2) is 48.5 Å². The molecule has 25 heavy (non-hydrogen) atoms. The Hall–Kier alpha value is -3.03. The van der Waals surface area contributed by atoms with Crippen molar-refractivity contribution < 1.29 is 22.7 Å². The van der Waals surface area contributed by atoms with Crippen LogP contribution in [-0.2, 0) is 11.2 Å². The number of aromatic amines is 1. The average molecular weight is 349 g/mol. The Labute approximate surface area is 140 Å². The SMILES string of the molecule is O=C(CCc1nc2ccccc2[nH]1)Nc1cccc(OC(F)(F)F)c1. The molecule has 0 unspecified atom stereocenters. The van der Waals surface area contributed by atoms with Gasteiger partial charge in [-0.2, -0.15) is 0 Å². The Balaban J connectivity index is 1.58. The maximum Gasteiger partial charge on any atom is 0.573 e. The van der Waals surface area contributed by atoms with Crippen molar-refractivity contribution in [1.29, 1.82) is 0 Å². The molecule has 0 saturated heterocycles. The number of alkyl halides is 3. The van der Waals surface area contributed by atoms with Crippen LogP contribution in [0.1, 0.15) is 12.2 Å². The maximum absolute atomic E-state index is 12.2. The van der Waals surface area contributed by atoms with Gasteiger partial charge in [-0.3, -0.25) is 4.79 Å². The molecule has 5 nitrogen and oxygen atoms in total. The van der Waals surface area contributed by atoms with Crippen LogP contribution in [0.25, 0.3) is 11.0 Å². The van der Waals surface area contributed by atoms with E-state index in [0.29, 0.717) is 12.2 Å². The molecule has 8 heteroatoms. The van der Waals surface area contributed by atoms with Crippen LogP contribution in [-0.4, -0.2) is 22.2 Å². The quantitative estimate of drug-likeness (QED) is 0.731. The van der Waals surface area contributed by atoms with Crippen molar-refractivity contribution >= 4 is 22.6 Å². The number of amides is 1. The Morgan fingerprint density at radius 3 is 2.72 bits per heavy atom. The number of imidazole rings is 1. The predicted molar refractivity (Wildman–Crippen MR) is 86.2 cm³/mol. The number of H-pyrrole nitrogens is 1. The van der Waals surface area contributed by atoms with E-state index in [2.05, 4.69) is 20.0 Å². The first-order valence-electron chi connectivity index (χ1n) is 7.48. The second-order valence-corrected chi connectivity index (χ2v) is 5.32. The van der Waals surface area contributed by atoms with Gasteiger partial charge < -0.3 is 15.0 Å². The molecule has 1 amide bonds.